The van der Waals surface area contributed by atoms with E-state index in [0.29, 0.717) is 11.1 Å². The summed E-state index contributed by atoms with van der Waals surface area (Å²) in [6, 6.07) is 5.57. The van der Waals surface area contributed by atoms with Crippen LogP contribution in [-0.4, -0.2) is 86.0 Å². The molecule has 0 saturated heterocycles. The van der Waals surface area contributed by atoms with Crippen LogP contribution in [0.15, 0.2) is 48.5 Å². The third-order valence-electron chi connectivity index (χ3n) is 5.55. The Morgan fingerprint density at radius 1 is 0.667 bits per heavy atom. The number of carboxylic acid groups (broad SMARTS) is 2. The Balaban J connectivity index is 2.15. The van der Waals surface area contributed by atoms with E-state index < -0.39 is 66.9 Å². The summed E-state index contributed by atoms with van der Waals surface area (Å²) in [6.45, 7) is -0.867. The summed E-state index contributed by atoms with van der Waals surface area (Å²) in [5, 5.41) is 53.4. The van der Waals surface area contributed by atoms with Crippen molar-refractivity contribution in [2.75, 3.05) is 6.61 Å². The number of nitrogens with one attached hydrogen (secondary N) is 3. The van der Waals surface area contributed by atoms with E-state index >= 15 is 0 Å². The second-order valence-electron chi connectivity index (χ2n) is 8.65. The van der Waals surface area contributed by atoms with Gasteiger partial charge in [0.15, 0.2) is 0 Å². The molecule has 0 fully saturated rings. The van der Waals surface area contributed by atoms with Crippen LogP contribution in [0.25, 0.3) is 0 Å². The van der Waals surface area contributed by atoms with E-state index in [-0.39, 0.29) is 24.3 Å². The maximum Gasteiger partial charge on any atom is 0.326 e. The van der Waals surface area contributed by atoms with E-state index in [1.807, 2.05) is 0 Å². The maximum absolute atomic E-state index is 12.9. The Kier molecular flexibility index (Phi) is 11.2. The van der Waals surface area contributed by atoms with Gasteiger partial charge in [-0.3, -0.25) is 19.2 Å². The highest BCUT2D eigenvalue weighted by molar-refractivity contribution is 5.94. The van der Waals surface area contributed by atoms with Crippen LogP contribution >= 0.6 is 0 Å². The zero-order valence-corrected chi connectivity index (χ0v) is 20.6. The fraction of sp³-hybridized carbons (Fsp3) is 0.320. The Bertz CT molecular complexity index is 1170. The van der Waals surface area contributed by atoms with Crippen molar-refractivity contribution < 1.29 is 49.5 Å². The predicted molar refractivity (Wildman–Crippen MR) is 134 cm³/mol. The number of amides is 3. The highest BCUT2D eigenvalue weighted by Gasteiger charge is 2.31. The minimum atomic E-state index is -1.79. The van der Waals surface area contributed by atoms with Gasteiger partial charge in [-0.25, -0.2) is 4.79 Å². The van der Waals surface area contributed by atoms with E-state index in [4.69, 9.17) is 10.8 Å². The molecular weight excluding hydrogens is 516 g/mol. The van der Waals surface area contributed by atoms with Gasteiger partial charge in [0.2, 0.25) is 17.7 Å². The van der Waals surface area contributed by atoms with Crippen LogP contribution in [0.1, 0.15) is 17.5 Å². The van der Waals surface area contributed by atoms with Crippen LogP contribution in [0.4, 0.5) is 0 Å². The molecule has 0 aromatic heterocycles. The van der Waals surface area contributed by atoms with Gasteiger partial charge in [-0.15, -0.1) is 0 Å². The zero-order valence-electron chi connectivity index (χ0n) is 20.6. The number of phenols is 2. The Labute approximate surface area is 222 Å². The average molecular weight is 547 g/mol. The van der Waals surface area contributed by atoms with Crippen molar-refractivity contribution in [2.24, 2.45) is 5.73 Å². The standard InChI is InChI=1S/C25H30N4O10/c26-17(9-13-1-5-15(31)6-2-13)22(35)29-20(12-30)24(37)27-18(10-14-3-7-16(32)8-4-14)23(36)28-19(25(38)39)11-21(33)34/h1-8,17-20,30-32H,9-12,26H2,(H,27,37)(H,28,36)(H,29,35)(H,33,34)(H,38,39). The number of carbonyl (C=O) groups is 5. The van der Waals surface area contributed by atoms with Gasteiger partial charge < -0.3 is 47.2 Å². The molecule has 0 aliphatic carbocycles. The van der Waals surface area contributed by atoms with Gasteiger partial charge in [0.05, 0.1) is 19.1 Å². The number of phenolic OH excluding ortho intramolecular Hbond substituents is 2. The SMILES string of the molecule is NC(Cc1ccc(O)cc1)C(=O)NC(CO)C(=O)NC(Cc1ccc(O)cc1)C(=O)NC(CC(=O)O)C(=O)O. The molecule has 210 valence electrons. The fourth-order valence-corrected chi connectivity index (χ4v) is 3.45. The first-order valence-corrected chi connectivity index (χ1v) is 11.7. The summed E-state index contributed by atoms with van der Waals surface area (Å²) in [5.41, 5.74) is 6.97. The van der Waals surface area contributed by atoms with E-state index in [1.165, 1.54) is 36.4 Å². The molecule has 4 unspecified atom stereocenters. The van der Waals surface area contributed by atoms with Gasteiger partial charge in [-0.05, 0) is 41.8 Å². The van der Waals surface area contributed by atoms with Crippen LogP contribution in [0, 0.1) is 0 Å². The van der Waals surface area contributed by atoms with Crippen molar-refractivity contribution in [3.63, 3.8) is 0 Å². The zero-order chi connectivity index (χ0) is 29.1. The minimum Gasteiger partial charge on any atom is -0.508 e. The minimum absolute atomic E-state index is 0.0253. The highest BCUT2D eigenvalue weighted by atomic mass is 16.4. The van der Waals surface area contributed by atoms with Crippen LogP contribution in [-0.2, 0) is 36.8 Å². The first kappa shape index (κ1) is 30.5. The first-order chi connectivity index (χ1) is 18.4. The second kappa shape index (κ2) is 14.3. The lowest BCUT2D eigenvalue weighted by atomic mass is 10.0. The molecule has 2 rings (SSSR count). The van der Waals surface area contributed by atoms with Crippen LogP contribution in [0.5, 0.6) is 11.5 Å². The molecule has 39 heavy (non-hydrogen) atoms. The van der Waals surface area contributed by atoms with E-state index in [2.05, 4.69) is 16.0 Å². The number of aliphatic hydroxyl groups is 1. The summed E-state index contributed by atoms with van der Waals surface area (Å²) in [5.74, 6) is -5.94. The molecule has 14 nitrogen and oxygen atoms in total. The fourth-order valence-electron chi connectivity index (χ4n) is 3.45. The molecule has 0 saturated carbocycles. The van der Waals surface area contributed by atoms with E-state index in [9.17, 15) is 44.4 Å². The summed E-state index contributed by atoms with van der Waals surface area (Å²) in [4.78, 5) is 60.7. The van der Waals surface area contributed by atoms with Gasteiger partial charge in [-0.2, -0.15) is 0 Å². The molecule has 0 radical (unpaired) electrons. The Hall–Kier alpha value is -4.69. The quantitative estimate of drug-likeness (QED) is 0.128. The largest absolute Gasteiger partial charge is 0.508 e. The van der Waals surface area contributed by atoms with E-state index in [0.717, 1.165) is 0 Å². The second-order valence-corrected chi connectivity index (χ2v) is 8.65. The van der Waals surface area contributed by atoms with Crippen molar-refractivity contribution >= 4 is 29.7 Å². The molecule has 3 amide bonds. The number of aromatic hydroxyl groups is 2. The molecule has 2 aromatic carbocycles. The molecule has 0 spiro atoms. The number of hydrogen-bond donors (Lipinski definition) is 9. The van der Waals surface area contributed by atoms with Gasteiger partial charge in [0, 0.05) is 6.42 Å². The third kappa shape index (κ3) is 9.94. The summed E-state index contributed by atoms with van der Waals surface area (Å²) < 4.78 is 0. The number of nitrogens with two attached hydrogens (primary N) is 1. The van der Waals surface area contributed by atoms with Crippen molar-refractivity contribution in [1.29, 1.82) is 0 Å². The number of aliphatic carboxylic acids is 2. The smallest absolute Gasteiger partial charge is 0.326 e. The third-order valence-corrected chi connectivity index (χ3v) is 5.55. The topological polar surface area (TPSA) is 249 Å². The molecule has 0 bridgehead atoms. The number of hydrogen-bond acceptors (Lipinski definition) is 9. The Morgan fingerprint density at radius 3 is 1.56 bits per heavy atom. The summed E-state index contributed by atoms with van der Waals surface area (Å²) in [7, 11) is 0. The van der Waals surface area contributed by atoms with Gasteiger partial charge >= 0.3 is 11.9 Å². The molecule has 0 heterocycles. The molecule has 0 aliphatic heterocycles. The maximum atomic E-state index is 12.9. The van der Waals surface area contributed by atoms with Gasteiger partial charge in [0.25, 0.3) is 0 Å². The lowest BCUT2D eigenvalue weighted by Crippen LogP contribution is -2.58. The lowest BCUT2D eigenvalue weighted by Gasteiger charge is -2.24. The summed E-state index contributed by atoms with van der Waals surface area (Å²) >= 11 is 0. The first-order valence-electron chi connectivity index (χ1n) is 11.7. The van der Waals surface area contributed by atoms with Crippen molar-refractivity contribution in [1.82, 2.24) is 16.0 Å². The molecule has 2 aromatic rings. The van der Waals surface area contributed by atoms with Crippen LogP contribution < -0.4 is 21.7 Å². The number of benzene rings is 2. The molecule has 0 aliphatic rings. The van der Waals surface area contributed by atoms with Crippen molar-refractivity contribution in [3.8, 4) is 11.5 Å². The molecule has 4 atom stereocenters. The molecule has 10 N–H and O–H groups in total. The molecular formula is C25H30N4O10. The predicted octanol–water partition coefficient (Wildman–Crippen LogP) is -1.78. The highest BCUT2D eigenvalue weighted by Crippen LogP contribution is 2.13. The Morgan fingerprint density at radius 2 is 1.10 bits per heavy atom. The van der Waals surface area contributed by atoms with Gasteiger partial charge in [0.1, 0.15) is 29.6 Å². The van der Waals surface area contributed by atoms with Crippen molar-refractivity contribution in [2.45, 2.75) is 43.4 Å². The average Bonchev–Trinajstić information content (AvgIpc) is 2.88. The van der Waals surface area contributed by atoms with Crippen LogP contribution in [0.3, 0.4) is 0 Å². The molecule has 14 heteroatoms. The number of aliphatic hydroxyl groups excluding tert-OH is 1. The number of carboxylic acids is 2. The lowest BCUT2D eigenvalue weighted by molar-refractivity contribution is -0.147. The van der Waals surface area contributed by atoms with Crippen LogP contribution in [0.2, 0.25) is 0 Å². The van der Waals surface area contributed by atoms with Gasteiger partial charge in [-0.1, -0.05) is 24.3 Å². The monoisotopic (exact) mass is 546 g/mol. The normalized spacial score (nSPS) is 13.8. The number of carbonyl (C=O) groups excluding carboxylic acids is 3. The summed E-state index contributed by atoms with van der Waals surface area (Å²) in [6.07, 6.45) is -1.07. The number of rotatable bonds is 14. The van der Waals surface area contributed by atoms with Crippen molar-refractivity contribution in [3.05, 3.63) is 59.7 Å². The van der Waals surface area contributed by atoms with E-state index in [1.54, 1.807) is 12.1 Å².